The lowest BCUT2D eigenvalue weighted by Crippen LogP contribution is -2.48. The van der Waals surface area contributed by atoms with Gasteiger partial charge in [0.1, 0.15) is 9.81 Å². The van der Waals surface area contributed by atoms with Gasteiger partial charge in [-0.1, -0.05) is 60.7 Å². The molecule has 2 heterocycles. The third kappa shape index (κ3) is 3.82. The highest BCUT2D eigenvalue weighted by molar-refractivity contribution is 8.09. The summed E-state index contributed by atoms with van der Waals surface area (Å²) in [7, 11) is -4.14. The number of sulfone groups is 1. The van der Waals surface area contributed by atoms with E-state index in [0.717, 1.165) is 0 Å². The monoisotopic (exact) mass is 428 g/mol. The number of morpholine rings is 1. The van der Waals surface area contributed by atoms with Crippen molar-refractivity contribution in [1.82, 2.24) is 10.4 Å². The number of hydrazine groups is 1. The summed E-state index contributed by atoms with van der Waals surface area (Å²) in [4.78, 5) is 11.9. The predicted octanol–water partition coefficient (Wildman–Crippen LogP) is 2.68. The second-order valence-electron chi connectivity index (χ2n) is 6.67. The van der Waals surface area contributed by atoms with Crippen LogP contribution in [0.1, 0.15) is 11.1 Å². The first-order valence-electron chi connectivity index (χ1n) is 9.33. The molecule has 1 fully saturated rings. The van der Waals surface area contributed by atoms with Crippen molar-refractivity contribution < 1.29 is 27.8 Å². The van der Waals surface area contributed by atoms with Gasteiger partial charge in [0.2, 0.25) is 9.84 Å². The molecule has 4 rings (SSSR count). The molecule has 0 aliphatic carbocycles. The van der Waals surface area contributed by atoms with Gasteiger partial charge in [0.05, 0.1) is 13.2 Å². The Bertz CT molecular complexity index is 1100. The van der Waals surface area contributed by atoms with E-state index in [-0.39, 0.29) is 9.81 Å². The first kappa shape index (κ1) is 20.1. The minimum atomic E-state index is -4.14. The maximum Gasteiger partial charge on any atom is 0.427 e. The highest BCUT2D eigenvalue weighted by Gasteiger charge is 2.42. The Morgan fingerprint density at radius 3 is 2.03 bits per heavy atom. The van der Waals surface area contributed by atoms with Gasteiger partial charge in [-0.25, -0.2) is 18.2 Å². The zero-order chi connectivity index (χ0) is 21.1. The number of nitrogens with zero attached hydrogens (tertiary/aromatic N) is 1. The van der Waals surface area contributed by atoms with Crippen molar-refractivity contribution in [3.05, 3.63) is 83.3 Å². The number of aliphatic hydroxyl groups excluding tert-OH is 1. The Morgan fingerprint density at radius 2 is 1.47 bits per heavy atom. The number of amides is 1. The third-order valence-corrected chi connectivity index (χ3v) is 6.63. The normalized spacial score (nSPS) is 19.1. The molecule has 8 nitrogen and oxygen atoms in total. The standard InChI is InChI=1S/C21H20N2O6S/c24-17-18(29-21(25)22-23-11-13-28-14-12-23)20(16-9-5-2-6-10-16)30(26,27)19(17)15-7-3-1-4-8-15/h1-10,24H,11-14H2,(H,22,25). The maximum atomic E-state index is 13.4. The fraction of sp³-hybridized carbons (Fsp3) is 0.190. The van der Waals surface area contributed by atoms with Crippen molar-refractivity contribution in [2.45, 2.75) is 0 Å². The molecule has 0 atom stereocenters. The molecule has 1 saturated heterocycles. The summed E-state index contributed by atoms with van der Waals surface area (Å²) < 4.78 is 37.3. The van der Waals surface area contributed by atoms with Crippen LogP contribution in [0.3, 0.4) is 0 Å². The van der Waals surface area contributed by atoms with Crippen LogP contribution >= 0.6 is 0 Å². The van der Waals surface area contributed by atoms with Gasteiger partial charge in [0.15, 0.2) is 11.5 Å². The lowest BCUT2D eigenvalue weighted by Gasteiger charge is -2.26. The van der Waals surface area contributed by atoms with Crippen LogP contribution in [-0.2, 0) is 19.3 Å². The van der Waals surface area contributed by atoms with E-state index in [9.17, 15) is 18.3 Å². The Balaban J connectivity index is 1.74. The van der Waals surface area contributed by atoms with Crippen LogP contribution in [0.15, 0.2) is 72.2 Å². The number of aliphatic hydroxyl groups is 1. The number of benzene rings is 2. The van der Waals surface area contributed by atoms with E-state index < -0.39 is 27.4 Å². The lowest BCUT2D eigenvalue weighted by molar-refractivity contribution is 0.0128. The molecule has 0 radical (unpaired) electrons. The van der Waals surface area contributed by atoms with Crippen LogP contribution in [0.2, 0.25) is 0 Å². The molecule has 2 aliphatic rings. The molecule has 2 aromatic carbocycles. The molecule has 0 bridgehead atoms. The molecule has 30 heavy (non-hydrogen) atoms. The molecule has 0 spiro atoms. The second-order valence-corrected chi connectivity index (χ2v) is 8.50. The second kappa shape index (κ2) is 8.31. The molecule has 2 aromatic rings. The predicted molar refractivity (Wildman–Crippen MR) is 110 cm³/mol. The minimum Gasteiger partial charge on any atom is -0.503 e. The van der Waals surface area contributed by atoms with Crippen molar-refractivity contribution in [2.24, 2.45) is 0 Å². The Kier molecular flexibility index (Phi) is 5.58. The largest absolute Gasteiger partial charge is 0.503 e. The highest BCUT2D eigenvalue weighted by atomic mass is 32.2. The van der Waals surface area contributed by atoms with Crippen LogP contribution in [0.5, 0.6) is 0 Å². The summed E-state index contributed by atoms with van der Waals surface area (Å²) in [5.74, 6) is -0.997. The molecule has 2 N–H and O–H groups in total. The summed E-state index contributed by atoms with van der Waals surface area (Å²) in [6.45, 7) is 1.84. The van der Waals surface area contributed by atoms with Gasteiger partial charge in [0, 0.05) is 13.1 Å². The van der Waals surface area contributed by atoms with Crippen LogP contribution in [0.4, 0.5) is 4.79 Å². The first-order valence-corrected chi connectivity index (χ1v) is 10.8. The highest BCUT2D eigenvalue weighted by Crippen LogP contribution is 2.45. The van der Waals surface area contributed by atoms with Gasteiger partial charge in [0.25, 0.3) is 0 Å². The molecule has 1 amide bonds. The van der Waals surface area contributed by atoms with E-state index in [2.05, 4.69) is 5.43 Å². The molecule has 0 saturated carbocycles. The van der Waals surface area contributed by atoms with Crippen molar-refractivity contribution in [3.63, 3.8) is 0 Å². The molecule has 2 aliphatic heterocycles. The Morgan fingerprint density at radius 1 is 0.933 bits per heavy atom. The van der Waals surface area contributed by atoms with E-state index in [4.69, 9.17) is 9.47 Å². The zero-order valence-electron chi connectivity index (χ0n) is 15.9. The molecular formula is C21H20N2O6S. The first-order chi connectivity index (χ1) is 14.5. The number of hydrogen-bond donors (Lipinski definition) is 2. The van der Waals surface area contributed by atoms with Crippen molar-refractivity contribution in [3.8, 4) is 0 Å². The molecule has 156 valence electrons. The van der Waals surface area contributed by atoms with E-state index in [1.165, 1.54) is 0 Å². The number of ether oxygens (including phenoxy) is 2. The summed E-state index contributed by atoms with van der Waals surface area (Å²) in [6, 6.07) is 16.4. The van der Waals surface area contributed by atoms with Gasteiger partial charge >= 0.3 is 6.09 Å². The quantitative estimate of drug-likeness (QED) is 0.771. The number of rotatable bonds is 4. The summed E-state index contributed by atoms with van der Waals surface area (Å²) in [5, 5.41) is 12.4. The Hall–Kier alpha value is -3.14. The van der Waals surface area contributed by atoms with Crippen molar-refractivity contribution >= 4 is 25.7 Å². The minimum absolute atomic E-state index is 0.253. The van der Waals surface area contributed by atoms with E-state index in [0.29, 0.717) is 37.4 Å². The fourth-order valence-corrected chi connectivity index (χ4v) is 5.16. The number of carbonyl (C=O) groups excluding carboxylic acids is 1. The van der Waals surface area contributed by atoms with Crippen molar-refractivity contribution in [1.29, 1.82) is 0 Å². The van der Waals surface area contributed by atoms with E-state index >= 15 is 0 Å². The SMILES string of the molecule is O=C(NN1CCOCC1)OC1=C(c2ccccc2)S(=O)(=O)C(c2ccccc2)=C1O. The van der Waals surface area contributed by atoms with Crippen LogP contribution in [0.25, 0.3) is 9.81 Å². The number of hydrogen-bond acceptors (Lipinski definition) is 7. The molecular weight excluding hydrogens is 408 g/mol. The van der Waals surface area contributed by atoms with Gasteiger partial charge < -0.3 is 14.6 Å². The third-order valence-electron chi connectivity index (χ3n) is 4.70. The summed E-state index contributed by atoms with van der Waals surface area (Å²) in [6.07, 6.45) is -0.892. The van der Waals surface area contributed by atoms with E-state index in [1.807, 2.05) is 0 Å². The van der Waals surface area contributed by atoms with Gasteiger partial charge in [-0.3, -0.25) is 5.43 Å². The Labute approximate surface area is 173 Å². The number of carbonyl (C=O) groups is 1. The fourth-order valence-electron chi connectivity index (χ4n) is 3.33. The zero-order valence-corrected chi connectivity index (χ0v) is 16.8. The average Bonchev–Trinajstić information content (AvgIpc) is 2.94. The maximum absolute atomic E-state index is 13.4. The van der Waals surface area contributed by atoms with Gasteiger partial charge in [-0.15, -0.1) is 0 Å². The van der Waals surface area contributed by atoms with Crippen LogP contribution in [0, 0.1) is 0 Å². The van der Waals surface area contributed by atoms with Crippen LogP contribution in [-0.4, -0.2) is 50.9 Å². The van der Waals surface area contributed by atoms with Gasteiger partial charge in [-0.05, 0) is 11.1 Å². The van der Waals surface area contributed by atoms with E-state index in [1.54, 1.807) is 65.7 Å². The molecule has 0 aromatic heterocycles. The smallest absolute Gasteiger partial charge is 0.427 e. The lowest BCUT2D eigenvalue weighted by atomic mass is 10.1. The number of nitrogens with one attached hydrogen (secondary N) is 1. The summed E-state index contributed by atoms with van der Waals surface area (Å²) in [5.41, 5.74) is 3.16. The van der Waals surface area contributed by atoms with Crippen molar-refractivity contribution in [2.75, 3.05) is 26.3 Å². The molecule has 0 unspecified atom stereocenters. The average molecular weight is 428 g/mol. The summed E-state index contributed by atoms with van der Waals surface area (Å²) >= 11 is 0. The topological polar surface area (TPSA) is 105 Å². The molecule has 9 heteroatoms. The van der Waals surface area contributed by atoms with Crippen LogP contribution < -0.4 is 5.43 Å². The van der Waals surface area contributed by atoms with Gasteiger partial charge in [-0.2, -0.15) is 0 Å².